The van der Waals surface area contributed by atoms with Gasteiger partial charge in [-0.3, -0.25) is 0 Å². The first-order valence-corrected chi connectivity index (χ1v) is 8.49. The second kappa shape index (κ2) is 7.16. The van der Waals surface area contributed by atoms with Crippen molar-refractivity contribution in [3.63, 3.8) is 0 Å². The molecule has 2 nitrogen and oxygen atoms in total. The number of halogens is 3. The van der Waals surface area contributed by atoms with Crippen molar-refractivity contribution >= 4 is 10.8 Å². The lowest BCUT2D eigenvalue weighted by Crippen LogP contribution is -1.92. The van der Waals surface area contributed by atoms with Crippen molar-refractivity contribution in [3.8, 4) is 23.2 Å². The first-order chi connectivity index (χ1) is 13.5. The molecule has 0 saturated heterocycles. The van der Waals surface area contributed by atoms with Crippen LogP contribution in [-0.4, -0.2) is 9.97 Å². The average Bonchev–Trinajstić information content (AvgIpc) is 2.71. The summed E-state index contributed by atoms with van der Waals surface area (Å²) < 4.78 is 40.5. The number of rotatable bonds is 1. The highest BCUT2D eigenvalue weighted by atomic mass is 19.2. The summed E-state index contributed by atoms with van der Waals surface area (Å²) in [5.41, 5.74) is 3.21. The fourth-order valence-corrected chi connectivity index (χ4v) is 2.77. The molecule has 136 valence electrons. The zero-order valence-electron chi connectivity index (χ0n) is 14.8. The van der Waals surface area contributed by atoms with Gasteiger partial charge < -0.3 is 0 Å². The van der Waals surface area contributed by atoms with Gasteiger partial charge in [-0.05, 0) is 60.3 Å². The second-order valence-corrected chi connectivity index (χ2v) is 6.33. The van der Waals surface area contributed by atoms with Gasteiger partial charge >= 0.3 is 0 Å². The summed E-state index contributed by atoms with van der Waals surface area (Å²) in [5, 5.41) is 0.280. The molecule has 0 unspecified atom stereocenters. The normalized spacial score (nSPS) is 10.6. The number of aromatic nitrogens is 2. The molecular formula is C23H13F3N2. The number of fused-ring (bicyclic) bond motifs is 1. The molecule has 0 amide bonds. The van der Waals surface area contributed by atoms with E-state index in [9.17, 15) is 13.2 Å². The first kappa shape index (κ1) is 17.7. The number of nitrogens with zero attached hydrogens (tertiary/aromatic N) is 2. The van der Waals surface area contributed by atoms with Gasteiger partial charge in [0, 0.05) is 34.5 Å². The third kappa shape index (κ3) is 3.45. The van der Waals surface area contributed by atoms with Crippen LogP contribution in [0.15, 0.2) is 60.9 Å². The maximum absolute atomic E-state index is 13.8. The molecule has 4 aromatic rings. The minimum absolute atomic E-state index is 0.0203. The Morgan fingerprint density at radius 1 is 0.750 bits per heavy atom. The van der Waals surface area contributed by atoms with Gasteiger partial charge in [0.2, 0.25) is 0 Å². The highest BCUT2D eigenvalue weighted by Gasteiger charge is 2.13. The van der Waals surface area contributed by atoms with Gasteiger partial charge in [0.1, 0.15) is 0 Å². The van der Waals surface area contributed by atoms with Gasteiger partial charge in [0.05, 0.1) is 0 Å². The van der Waals surface area contributed by atoms with Crippen LogP contribution in [0.4, 0.5) is 13.2 Å². The summed E-state index contributed by atoms with van der Waals surface area (Å²) in [7, 11) is 0. The summed E-state index contributed by atoms with van der Waals surface area (Å²) in [6.07, 6.45) is 3.51. The van der Waals surface area contributed by atoms with Gasteiger partial charge in [-0.15, -0.1) is 0 Å². The molecule has 1 heterocycles. The lowest BCUT2D eigenvalue weighted by Gasteiger charge is -2.03. The van der Waals surface area contributed by atoms with Crippen molar-refractivity contribution < 1.29 is 13.2 Å². The van der Waals surface area contributed by atoms with E-state index in [-0.39, 0.29) is 10.8 Å². The molecule has 0 atom stereocenters. The van der Waals surface area contributed by atoms with Crippen molar-refractivity contribution in [1.29, 1.82) is 0 Å². The minimum Gasteiger partial charge on any atom is -0.236 e. The quantitative estimate of drug-likeness (QED) is 0.328. The van der Waals surface area contributed by atoms with Crippen LogP contribution in [0.2, 0.25) is 0 Å². The van der Waals surface area contributed by atoms with Crippen LogP contribution in [0.25, 0.3) is 22.2 Å². The molecule has 0 spiro atoms. The predicted molar refractivity (Wildman–Crippen MR) is 102 cm³/mol. The molecule has 3 aromatic carbocycles. The molecule has 0 radical (unpaired) electrons. The molecule has 0 N–H and O–H groups in total. The summed E-state index contributed by atoms with van der Waals surface area (Å²) in [6, 6.07) is 12.9. The molecular weight excluding hydrogens is 361 g/mol. The van der Waals surface area contributed by atoms with E-state index in [1.54, 1.807) is 18.5 Å². The standard InChI is InChI=1S/C23H13F3N2/c1-14-12-27-23(28-13-14)17-7-4-15(5-8-17)2-3-16-6-9-19-18(10-16)11-20(24)22(26)21(19)25/h4-13H,1H3. The fraction of sp³-hybridized carbons (Fsp3) is 0.0435. The molecule has 0 fully saturated rings. The molecule has 0 aliphatic carbocycles. The van der Waals surface area contributed by atoms with Gasteiger partial charge in [0.25, 0.3) is 0 Å². The topological polar surface area (TPSA) is 25.8 Å². The molecule has 28 heavy (non-hydrogen) atoms. The molecule has 0 aliphatic heterocycles. The Hall–Kier alpha value is -3.65. The Balaban J connectivity index is 1.62. The first-order valence-electron chi connectivity index (χ1n) is 8.49. The van der Waals surface area contributed by atoms with Crippen molar-refractivity contribution in [2.45, 2.75) is 6.92 Å². The van der Waals surface area contributed by atoms with Gasteiger partial charge in [-0.25, -0.2) is 23.1 Å². The van der Waals surface area contributed by atoms with Crippen LogP contribution >= 0.6 is 0 Å². The van der Waals surface area contributed by atoms with Crippen LogP contribution < -0.4 is 0 Å². The Labute approximate surface area is 159 Å². The lowest BCUT2D eigenvalue weighted by molar-refractivity contribution is 0.453. The smallest absolute Gasteiger partial charge is 0.195 e. The van der Waals surface area contributed by atoms with Gasteiger partial charge in [-0.2, -0.15) is 0 Å². The van der Waals surface area contributed by atoms with E-state index >= 15 is 0 Å². The van der Waals surface area contributed by atoms with Crippen LogP contribution in [0.3, 0.4) is 0 Å². The Morgan fingerprint density at radius 3 is 2.11 bits per heavy atom. The summed E-state index contributed by atoms with van der Waals surface area (Å²) in [6.45, 7) is 1.93. The summed E-state index contributed by atoms with van der Waals surface area (Å²) in [4.78, 5) is 8.57. The average molecular weight is 374 g/mol. The van der Waals surface area contributed by atoms with Crippen LogP contribution in [0.5, 0.6) is 0 Å². The van der Waals surface area contributed by atoms with Crippen LogP contribution in [0.1, 0.15) is 16.7 Å². The van der Waals surface area contributed by atoms with Gasteiger partial charge in [0.15, 0.2) is 23.3 Å². The highest BCUT2D eigenvalue weighted by molar-refractivity contribution is 5.84. The van der Waals surface area contributed by atoms with Crippen LogP contribution in [0, 0.1) is 36.2 Å². The van der Waals surface area contributed by atoms with Crippen molar-refractivity contribution in [1.82, 2.24) is 9.97 Å². The van der Waals surface area contributed by atoms with Gasteiger partial charge in [-0.1, -0.05) is 17.9 Å². The zero-order valence-corrected chi connectivity index (χ0v) is 14.8. The number of benzene rings is 3. The van der Waals surface area contributed by atoms with E-state index in [0.717, 1.165) is 22.8 Å². The Bertz CT molecular complexity index is 1240. The monoisotopic (exact) mass is 374 g/mol. The van der Waals surface area contributed by atoms with E-state index in [4.69, 9.17) is 0 Å². The van der Waals surface area contributed by atoms with Crippen molar-refractivity contribution in [2.75, 3.05) is 0 Å². The van der Waals surface area contributed by atoms with Crippen molar-refractivity contribution in [2.24, 2.45) is 0 Å². The number of hydrogen-bond donors (Lipinski definition) is 0. The SMILES string of the molecule is Cc1cnc(-c2ccc(C#Cc3ccc4c(F)c(F)c(F)cc4c3)cc2)nc1. The maximum Gasteiger partial charge on any atom is 0.195 e. The molecule has 0 bridgehead atoms. The van der Waals surface area contributed by atoms with E-state index in [0.29, 0.717) is 11.4 Å². The Morgan fingerprint density at radius 2 is 1.39 bits per heavy atom. The van der Waals surface area contributed by atoms with Crippen LogP contribution in [-0.2, 0) is 0 Å². The molecule has 1 aromatic heterocycles. The third-order valence-corrected chi connectivity index (χ3v) is 4.25. The molecule has 0 saturated carbocycles. The predicted octanol–water partition coefficient (Wildman–Crippen LogP) is 5.42. The largest absolute Gasteiger partial charge is 0.236 e. The molecule has 5 heteroatoms. The second-order valence-electron chi connectivity index (χ2n) is 6.33. The van der Waals surface area contributed by atoms with E-state index < -0.39 is 17.5 Å². The summed E-state index contributed by atoms with van der Waals surface area (Å²) in [5.74, 6) is 2.71. The lowest BCUT2D eigenvalue weighted by atomic mass is 10.1. The minimum atomic E-state index is -1.47. The maximum atomic E-state index is 13.8. The Kier molecular flexibility index (Phi) is 4.54. The van der Waals surface area contributed by atoms with Crippen molar-refractivity contribution in [3.05, 3.63) is 95.1 Å². The van der Waals surface area contributed by atoms with E-state index in [1.165, 1.54) is 12.1 Å². The van der Waals surface area contributed by atoms with E-state index in [1.807, 2.05) is 31.2 Å². The number of aryl methyl sites for hydroxylation is 1. The fourth-order valence-electron chi connectivity index (χ4n) is 2.77. The third-order valence-electron chi connectivity index (χ3n) is 4.25. The zero-order chi connectivity index (χ0) is 19.7. The summed E-state index contributed by atoms with van der Waals surface area (Å²) >= 11 is 0. The number of hydrogen-bond acceptors (Lipinski definition) is 2. The molecule has 4 rings (SSSR count). The molecule has 0 aliphatic rings. The highest BCUT2D eigenvalue weighted by Crippen LogP contribution is 2.24. The van der Waals surface area contributed by atoms with E-state index in [2.05, 4.69) is 21.8 Å².